The van der Waals surface area contributed by atoms with Gasteiger partial charge in [0.25, 0.3) is 0 Å². The van der Waals surface area contributed by atoms with Gasteiger partial charge < -0.3 is 9.97 Å². The predicted molar refractivity (Wildman–Crippen MR) is 67.8 cm³/mol. The van der Waals surface area contributed by atoms with Crippen LogP contribution in [-0.2, 0) is 0 Å². The molecule has 0 spiro atoms. The Morgan fingerprint density at radius 2 is 1.22 bits per heavy atom. The van der Waals surface area contributed by atoms with Crippen molar-refractivity contribution in [2.75, 3.05) is 0 Å². The summed E-state index contributed by atoms with van der Waals surface area (Å²) < 4.78 is 0. The van der Waals surface area contributed by atoms with E-state index in [1.807, 2.05) is 12.1 Å². The minimum absolute atomic E-state index is 0.963. The minimum atomic E-state index is 0.963. The zero-order valence-corrected chi connectivity index (χ0v) is 9.41. The van der Waals surface area contributed by atoms with Gasteiger partial charge in [0.15, 0.2) is 0 Å². The van der Waals surface area contributed by atoms with E-state index in [9.17, 15) is 0 Å². The van der Waals surface area contributed by atoms with Gasteiger partial charge >= 0.3 is 0 Å². The van der Waals surface area contributed by atoms with Crippen LogP contribution in [0.25, 0.3) is 22.1 Å². The lowest BCUT2D eigenvalue weighted by molar-refractivity contribution is 1.33. The van der Waals surface area contributed by atoms with Gasteiger partial charge in [-0.05, 0) is 12.1 Å². The number of hydrogen-bond acceptors (Lipinski definition) is 4. The van der Waals surface area contributed by atoms with Crippen molar-refractivity contribution >= 4 is 22.1 Å². The van der Waals surface area contributed by atoms with Crippen molar-refractivity contribution in [1.29, 1.82) is 0 Å². The number of nitrogens with one attached hydrogen (secondary N) is 2. The van der Waals surface area contributed by atoms with E-state index in [0.29, 0.717) is 0 Å². The van der Waals surface area contributed by atoms with E-state index < -0.39 is 0 Å². The molecule has 18 heavy (non-hydrogen) atoms. The number of aromatic nitrogens is 6. The molecule has 6 heteroatoms. The first-order valence-corrected chi connectivity index (χ1v) is 5.40. The molecule has 0 aliphatic heterocycles. The molecule has 88 valence electrons. The van der Waals surface area contributed by atoms with Gasteiger partial charge in [0.1, 0.15) is 0 Å². The highest BCUT2D eigenvalue weighted by molar-refractivity contribution is 5.72. The summed E-state index contributed by atoms with van der Waals surface area (Å²) in [5.74, 6) is 0. The second-order valence-electron chi connectivity index (χ2n) is 3.59. The first-order chi connectivity index (χ1) is 8.93. The molecule has 4 aromatic rings. The van der Waals surface area contributed by atoms with E-state index in [-0.39, 0.29) is 0 Å². The number of H-pyrrole nitrogens is 2. The van der Waals surface area contributed by atoms with Crippen molar-refractivity contribution in [3.05, 3.63) is 49.6 Å². The standard InChI is InChI=1S/2C6H5N3/c2*1-2-7-3-6-5(1)8-4-9-6/h2*1-4H,(H,8,9). The molecule has 0 amide bonds. The molecule has 0 saturated carbocycles. The molecule has 0 aromatic carbocycles. The topological polar surface area (TPSA) is 83.1 Å². The predicted octanol–water partition coefficient (Wildman–Crippen LogP) is 1.92. The van der Waals surface area contributed by atoms with Gasteiger partial charge in [-0.1, -0.05) is 0 Å². The summed E-state index contributed by atoms with van der Waals surface area (Å²) in [4.78, 5) is 21.8. The molecule has 4 heterocycles. The highest BCUT2D eigenvalue weighted by Gasteiger charge is 1.90. The number of fused-ring (bicyclic) bond motifs is 2. The number of rotatable bonds is 0. The number of nitrogens with zero attached hydrogens (tertiary/aromatic N) is 4. The molecule has 0 unspecified atom stereocenters. The third-order valence-corrected chi connectivity index (χ3v) is 2.44. The molecular formula is C12H10N6. The van der Waals surface area contributed by atoms with E-state index in [1.54, 1.807) is 37.4 Å². The fourth-order valence-corrected chi connectivity index (χ4v) is 1.56. The lowest BCUT2D eigenvalue weighted by Gasteiger charge is -1.80. The van der Waals surface area contributed by atoms with Crippen molar-refractivity contribution < 1.29 is 0 Å². The van der Waals surface area contributed by atoms with Gasteiger partial charge in [-0.3, -0.25) is 9.97 Å². The first kappa shape index (κ1) is 10.4. The Hall–Kier alpha value is -2.76. The van der Waals surface area contributed by atoms with Crippen LogP contribution in [0.15, 0.2) is 49.6 Å². The molecule has 0 radical (unpaired) electrons. The Morgan fingerprint density at radius 1 is 0.722 bits per heavy atom. The number of imidazole rings is 2. The Kier molecular flexibility index (Phi) is 2.67. The van der Waals surface area contributed by atoms with Crippen LogP contribution in [0.1, 0.15) is 0 Å². The fourth-order valence-electron chi connectivity index (χ4n) is 1.56. The Labute approximate surface area is 102 Å². The molecule has 0 aliphatic carbocycles. The first-order valence-electron chi connectivity index (χ1n) is 5.40. The number of aromatic amines is 2. The quantitative estimate of drug-likeness (QED) is 0.490. The molecule has 2 N–H and O–H groups in total. The van der Waals surface area contributed by atoms with Crippen LogP contribution in [0.3, 0.4) is 0 Å². The minimum Gasteiger partial charge on any atom is -0.343 e. The van der Waals surface area contributed by atoms with E-state index in [4.69, 9.17) is 0 Å². The Balaban J connectivity index is 0.000000111. The van der Waals surface area contributed by atoms with Crippen molar-refractivity contribution in [3.63, 3.8) is 0 Å². The van der Waals surface area contributed by atoms with E-state index >= 15 is 0 Å². The number of pyridine rings is 2. The summed E-state index contributed by atoms with van der Waals surface area (Å²) in [6.45, 7) is 0. The molecule has 6 nitrogen and oxygen atoms in total. The third kappa shape index (κ3) is 2.03. The smallest absolute Gasteiger partial charge is 0.0932 e. The maximum absolute atomic E-state index is 4.02. The maximum Gasteiger partial charge on any atom is 0.0932 e. The summed E-state index contributed by atoms with van der Waals surface area (Å²) in [7, 11) is 0. The van der Waals surface area contributed by atoms with Crippen molar-refractivity contribution in [2.24, 2.45) is 0 Å². The molecule has 0 bridgehead atoms. The fraction of sp³-hybridized carbons (Fsp3) is 0. The average molecular weight is 238 g/mol. The summed E-state index contributed by atoms with van der Waals surface area (Å²) >= 11 is 0. The lowest BCUT2D eigenvalue weighted by Crippen LogP contribution is -1.69. The van der Waals surface area contributed by atoms with Crippen molar-refractivity contribution in [1.82, 2.24) is 29.9 Å². The van der Waals surface area contributed by atoms with Crippen molar-refractivity contribution in [3.8, 4) is 0 Å². The molecule has 4 aromatic heterocycles. The Morgan fingerprint density at radius 3 is 1.67 bits per heavy atom. The van der Waals surface area contributed by atoms with Gasteiger partial charge in [0.05, 0.1) is 47.1 Å². The average Bonchev–Trinajstić information content (AvgIpc) is 3.08. The van der Waals surface area contributed by atoms with Gasteiger partial charge in [-0.15, -0.1) is 0 Å². The normalized spacial score (nSPS) is 10.2. The van der Waals surface area contributed by atoms with Crippen LogP contribution < -0.4 is 0 Å². The van der Waals surface area contributed by atoms with Crippen LogP contribution in [0.2, 0.25) is 0 Å². The van der Waals surface area contributed by atoms with Gasteiger partial charge in [-0.25, -0.2) is 9.97 Å². The third-order valence-electron chi connectivity index (χ3n) is 2.44. The van der Waals surface area contributed by atoms with Crippen LogP contribution in [0.4, 0.5) is 0 Å². The second-order valence-corrected chi connectivity index (χ2v) is 3.59. The SMILES string of the molecule is c1cc2nc[nH]c2cn1.c1cc2nc[nH]c2cn1. The maximum atomic E-state index is 4.02. The molecule has 0 saturated heterocycles. The van der Waals surface area contributed by atoms with Crippen LogP contribution >= 0.6 is 0 Å². The molecule has 0 atom stereocenters. The van der Waals surface area contributed by atoms with Gasteiger partial charge in [0.2, 0.25) is 0 Å². The molecule has 0 fully saturated rings. The summed E-state index contributed by atoms with van der Waals surface area (Å²) in [6.07, 6.45) is 10.3. The Bertz CT molecular complexity index is 631. The van der Waals surface area contributed by atoms with Crippen LogP contribution in [0.5, 0.6) is 0 Å². The summed E-state index contributed by atoms with van der Waals surface area (Å²) in [6, 6.07) is 3.73. The highest BCUT2D eigenvalue weighted by atomic mass is 14.9. The zero-order chi connectivity index (χ0) is 12.2. The van der Waals surface area contributed by atoms with E-state index in [2.05, 4.69) is 29.9 Å². The molecule has 4 rings (SSSR count). The summed E-state index contributed by atoms with van der Waals surface area (Å²) in [5.41, 5.74) is 3.89. The largest absolute Gasteiger partial charge is 0.343 e. The van der Waals surface area contributed by atoms with E-state index in [0.717, 1.165) is 22.1 Å². The highest BCUT2D eigenvalue weighted by Crippen LogP contribution is 2.03. The van der Waals surface area contributed by atoms with Crippen LogP contribution in [0, 0.1) is 0 Å². The summed E-state index contributed by atoms with van der Waals surface area (Å²) in [5, 5.41) is 0. The lowest BCUT2D eigenvalue weighted by atomic mass is 10.4. The van der Waals surface area contributed by atoms with Gasteiger partial charge in [0, 0.05) is 12.4 Å². The zero-order valence-electron chi connectivity index (χ0n) is 9.41. The van der Waals surface area contributed by atoms with E-state index in [1.165, 1.54) is 0 Å². The molecule has 0 aliphatic rings. The number of hydrogen-bond donors (Lipinski definition) is 2. The van der Waals surface area contributed by atoms with Crippen LogP contribution in [-0.4, -0.2) is 29.9 Å². The van der Waals surface area contributed by atoms with Crippen molar-refractivity contribution in [2.45, 2.75) is 0 Å². The second kappa shape index (κ2) is 4.62. The molecular weight excluding hydrogens is 228 g/mol. The monoisotopic (exact) mass is 238 g/mol. The van der Waals surface area contributed by atoms with Gasteiger partial charge in [-0.2, -0.15) is 0 Å².